The van der Waals surface area contributed by atoms with Crippen LogP contribution in [0.2, 0.25) is 0 Å². The van der Waals surface area contributed by atoms with Gasteiger partial charge in [0.1, 0.15) is 23.8 Å². The van der Waals surface area contributed by atoms with Crippen LogP contribution in [-0.4, -0.2) is 20.3 Å². The molecule has 3 rings (SSSR count). The van der Waals surface area contributed by atoms with Gasteiger partial charge in [-0.15, -0.1) is 0 Å². The molecule has 0 saturated carbocycles. The molecule has 31 heavy (non-hydrogen) atoms. The molecule has 2 aromatic heterocycles. The Labute approximate surface area is 178 Å². The van der Waals surface area contributed by atoms with E-state index in [0.717, 1.165) is 16.9 Å². The first kappa shape index (κ1) is 22.0. The standard InChI is InChI=1S/C23H22FN3O4/c1-3-5-18-19(9-8-17(14(2)28)21(18)29)31-13-16-7-10-20(24)27-22(16)26-12-15(23(27)30)6-4-11-25/h7-10,12,29H,3-6,13H2,1-2H3. The Morgan fingerprint density at radius 3 is 2.71 bits per heavy atom. The van der Waals surface area contributed by atoms with Gasteiger partial charge < -0.3 is 9.84 Å². The number of aryl methyl sites for hydroxylation is 1. The molecule has 0 fully saturated rings. The second-order valence-corrected chi connectivity index (χ2v) is 7.12. The largest absolute Gasteiger partial charge is 0.507 e. The van der Waals surface area contributed by atoms with E-state index < -0.39 is 11.5 Å². The molecule has 7 nitrogen and oxygen atoms in total. The highest BCUT2D eigenvalue weighted by atomic mass is 19.1. The maximum absolute atomic E-state index is 14.4. The lowest BCUT2D eigenvalue weighted by atomic mass is 10.0. The van der Waals surface area contributed by atoms with E-state index >= 15 is 0 Å². The third-order valence-electron chi connectivity index (χ3n) is 4.96. The van der Waals surface area contributed by atoms with Gasteiger partial charge in [0.2, 0.25) is 5.95 Å². The van der Waals surface area contributed by atoms with Crippen LogP contribution < -0.4 is 10.3 Å². The van der Waals surface area contributed by atoms with Crippen LogP contribution in [0.4, 0.5) is 4.39 Å². The number of fused-ring (bicyclic) bond motifs is 1. The minimum Gasteiger partial charge on any atom is -0.507 e. The number of phenolic OH excluding ortho intramolecular Hbond substituents is 1. The molecule has 0 aliphatic rings. The summed E-state index contributed by atoms with van der Waals surface area (Å²) >= 11 is 0. The van der Waals surface area contributed by atoms with Crippen LogP contribution in [0.5, 0.6) is 11.5 Å². The van der Waals surface area contributed by atoms with Gasteiger partial charge in [0, 0.05) is 29.3 Å². The third kappa shape index (κ3) is 4.40. The monoisotopic (exact) mass is 423 g/mol. The first-order valence-corrected chi connectivity index (χ1v) is 9.92. The van der Waals surface area contributed by atoms with Crippen molar-refractivity contribution in [3.05, 3.63) is 69.0 Å². The molecule has 0 radical (unpaired) electrons. The van der Waals surface area contributed by atoms with E-state index in [1.165, 1.54) is 25.3 Å². The highest BCUT2D eigenvalue weighted by Gasteiger charge is 2.17. The van der Waals surface area contributed by atoms with Crippen LogP contribution in [0.15, 0.2) is 35.3 Å². The second kappa shape index (κ2) is 9.39. The number of phenols is 1. The molecule has 0 aliphatic carbocycles. The number of carbonyl (C=O) groups excluding carboxylic acids is 1. The van der Waals surface area contributed by atoms with E-state index in [-0.39, 0.29) is 47.8 Å². The van der Waals surface area contributed by atoms with Crippen molar-refractivity contribution < 1.29 is 19.0 Å². The summed E-state index contributed by atoms with van der Waals surface area (Å²) in [5.41, 5.74) is 1.03. The Morgan fingerprint density at radius 2 is 2.03 bits per heavy atom. The zero-order valence-corrected chi connectivity index (χ0v) is 17.3. The Morgan fingerprint density at radius 1 is 1.26 bits per heavy atom. The number of rotatable bonds is 8. The number of aromatic hydroxyl groups is 1. The van der Waals surface area contributed by atoms with Crippen LogP contribution in [0.25, 0.3) is 5.65 Å². The predicted octanol–water partition coefficient (Wildman–Crippen LogP) is 3.73. The van der Waals surface area contributed by atoms with Crippen molar-refractivity contribution in [3.63, 3.8) is 0 Å². The van der Waals surface area contributed by atoms with Gasteiger partial charge in [0.15, 0.2) is 5.78 Å². The number of nitriles is 1. The molecule has 1 N–H and O–H groups in total. The van der Waals surface area contributed by atoms with Crippen molar-refractivity contribution in [2.24, 2.45) is 0 Å². The van der Waals surface area contributed by atoms with Gasteiger partial charge in [0.25, 0.3) is 5.56 Å². The smallest absolute Gasteiger partial charge is 0.263 e. The van der Waals surface area contributed by atoms with E-state index in [0.29, 0.717) is 23.3 Å². The summed E-state index contributed by atoms with van der Waals surface area (Å²) in [4.78, 5) is 28.6. The van der Waals surface area contributed by atoms with E-state index in [1.807, 2.05) is 13.0 Å². The van der Waals surface area contributed by atoms with Crippen molar-refractivity contribution in [1.82, 2.24) is 9.38 Å². The van der Waals surface area contributed by atoms with Gasteiger partial charge in [-0.25, -0.2) is 9.38 Å². The van der Waals surface area contributed by atoms with Crippen molar-refractivity contribution in [2.75, 3.05) is 0 Å². The topological polar surface area (TPSA) is 105 Å². The van der Waals surface area contributed by atoms with Gasteiger partial charge in [-0.1, -0.05) is 13.3 Å². The van der Waals surface area contributed by atoms with Crippen molar-refractivity contribution in [3.8, 4) is 17.6 Å². The van der Waals surface area contributed by atoms with Gasteiger partial charge in [-0.3, -0.25) is 9.59 Å². The number of halogens is 1. The number of nitrogens with zero attached hydrogens (tertiary/aromatic N) is 3. The van der Waals surface area contributed by atoms with Gasteiger partial charge in [-0.2, -0.15) is 9.65 Å². The second-order valence-electron chi connectivity index (χ2n) is 7.12. The average molecular weight is 423 g/mol. The Hall–Kier alpha value is -3.73. The molecular formula is C23H22FN3O4. The fourth-order valence-corrected chi connectivity index (χ4v) is 3.39. The zero-order valence-electron chi connectivity index (χ0n) is 17.3. The summed E-state index contributed by atoms with van der Waals surface area (Å²) in [6.07, 6.45) is 2.91. The highest BCUT2D eigenvalue weighted by Crippen LogP contribution is 2.33. The van der Waals surface area contributed by atoms with E-state index in [9.17, 15) is 19.1 Å². The number of aromatic nitrogens is 2. The molecule has 8 heteroatoms. The lowest BCUT2D eigenvalue weighted by Crippen LogP contribution is -2.23. The van der Waals surface area contributed by atoms with E-state index in [1.54, 1.807) is 6.07 Å². The molecule has 160 valence electrons. The Bertz CT molecular complexity index is 1240. The quantitative estimate of drug-likeness (QED) is 0.437. The average Bonchev–Trinajstić information content (AvgIpc) is 2.74. The lowest BCUT2D eigenvalue weighted by molar-refractivity contribution is 0.101. The predicted molar refractivity (Wildman–Crippen MR) is 112 cm³/mol. The zero-order chi connectivity index (χ0) is 22.5. The molecule has 0 saturated heterocycles. The number of hydrogen-bond donors (Lipinski definition) is 1. The first-order valence-electron chi connectivity index (χ1n) is 9.92. The molecule has 0 bridgehead atoms. The van der Waals surface area contributed by atoms with Gasteiger partial charge >= 0.3 is 0 Å². The van der Waals surface area contributed by atoms with Crippen LogP contribution in [-0.2, 0) is 19.4 Å². The number of ether oxygens (including phenoxy) is 1. The Kier molecular flexibility index (Phi) is 6.65. The van der Waals surface area contributed by atoms with Crippen molar-refractivity contribution >= 4 is 11.4 Å². The van der Waals surface area contributed by atoms with Crippen LogP contribution in [0, 0.1) is 17.3 Å². The minimum absolute atomic E-state index is 0.0245. The van der Waals surface area contributed by atoms with Gasteiger partial charge in [0.05, 0.1) is 11.6 Å². The van der Waals surface area contributed by atoms with Crippen molar-refractivity contribution in [2.45, 2.75) is 46.1 Å². The fourth-order valence-electron chi connectivity index (χ4n) is 3.39. The molecule has 0 amide bonds. The maximum Gasteiger partial charge on any atom is 0.263 e. The SMILES string of the molecule is CCCc1c(OCc2ccc(F)n3c(=O)c(CCC#N)cnc23)ccc(C(C)=O)c1O. The number of hydrogen-bond acceptors (Lipinski definition) is 6. The number of Topliss-reactive ketones (excluding diaryl/α,β-unsaturated/α-hetero) is 1. The summed E-state index contributed by atoms with van der Waals surface area (Å²) in [6, 6.07) is 7.71. The first-order chi connectivity index (χ1) is 14.9. The number of carbonyl (C=O) groups is 1. The number of benzene rings is 1. The third-order valence-corrected chi connectivity index (χ3v) is 4.96. The molecule has 0 spiro atoms. The molecule has 0 atom stereocenters. The summed E-state index contributed by atoms with van der Waals surface area (Å²) < 4.78 is 21.1. The summed E-state index contributed by atoms with van der Waals surface area (Å²) in [7, 11) is 0. The minimum atomic E-state index is -0.759. The fraction of sp³-hybridized carbons (Fsp3) is 0.304. The molecule has 1 aromatic carbocycles. The number of ketones is 1. The molecule has 3 aromatic rings. The Balaban J connectivity index is 1.98. The van der Waals surface area contributed by atoms with Crippen molar-refractivity contribution in [1.29, 1.82) is 5.26 Å². The van der Waals surface area contributed by atoms with E-state index in [4.69, 9.17) is 10.00 Å². The molecular weight excluding hydrogens is 401 g/mol. The van der Waals surface area contributed by atoms with Crippen LogP contribution in [0.3, 0.4) is 0 Å². The van der Waals surface area contributed by atoms with Crippen LogP contribution >= 0.6 is 0 Å². The normalized spacial score (nSPS) is 10.8. The molecule has 0 aliphatic heterocycles. The summed E-state index contributed by atoms with van der Waals surface area (Å²) in [5, 5.41) is 19.2. The lowest BCUT2D eigenvalue weighted by Gasteiger charge is -2.15. The highest BCUT2D eigenvalue weighted by molar-refractivity contribution is 5.97. The molecule has 2 heterocycles. The molecule has 0 unspecified atom stereocenters. The summed E-state index contributed by atoms with van der Waals surface area (Å²) in [5.74, 6) is -0.709. The maximum atomic E-state index is 14.4. The summed E-state index contributed by atoms with van der Waals surface area (Å²) in [6.45, 7) is 3.30. The number of pyridine rings is 1. The van der Waals surface area contributed by atoms with E-state index in [2.05, 4.69) is 4.98 Å². The van der Waals surface area contributed by atoms with Crippen LogP contribution in [0.1, 0.15) is 53.7 Å². The van der Waals surface area contributed by atoms with Gasteiger partial charge in [-0.05, 0) is 44.0 Å².